The van der Waals surface area contributed by atoms with Gasteiger partial charge in [-0.1, -0.05) is 40.5 Å². The second-order valence-electron chi connectivity index (χ2n) is 8.19. The zero-order valence-corrected chi connectivity index (χ0v) is 19.3. The Morgan fingerprint density at radius 1 is 1.00 bits per heavy atom. The largest absolute Gasteiger partial charge is 0.480 e. The van der Waals surface area contributed by atoms with Crippen LogP contribution >= 0.6 is 0 Å². The number of carboxylic acid groups (broad SMARTS) is 1. The van der Waals surface area contributed by atoms with Gasteiger partial charge in [0.05, 0.1) is 12.4 Å². The SMILES string of the molecule is CCC(C)C(N)C(=O)NC(Cc1cnc[nH]1)C(=O)NC(C(=O)NC(C)C(=O)O)C(C)CC. The molecule has 180 valence electrons. The van der Waals surface area contributed by atoms with Crippen LogP contribution < -0.4 is 21.7 Å². The van der Waals surface area contributed by atoms with Crippen LogP contribution in [-0.4, -0.2) is 62.9 Å². The van der Waals surface area contributed by atoms with E-state index in [4.69, 9.17) is 10.8 Å². The lowest BCUT2D eigenvalue weighted by atomic mass is 9.96. The first-order valence-corrected chi connectivity index (χ1v) is 10.9. The lowest BCUT2D eigenvalue weighted by Crippen LogP contribution is -2.59. The average Bonchev–Trinajstić information content (AvgIpc) is 3.27. The summed E-state index contributed by atoms with van der Waals surface area (Å²) in [5, 5.41) is 16.8. The molecule has 0 saturated carbocycles. The number of rotatable bonds is 13. The first kappa shape index (κ1) is 27.1. The molecular weight excluding hydrogens is 416 g/mol. The van der Waals surface area contributed by atoms with Crippen molar-refractivity contribution in [2.75, 3.05) is 0 Å². The van der Waals surface area contributed by atoms with Crippen molar-refractivity contribution in [3.63, 3.8) is 0 Å². The zero-order chi connectivity index (χ0) is 24.4. The molecule has 1 aromatic rings. The molecule has 6 atom stereocenters. The fourth-order valence-corrected chi connectivity index (χ4v) is 2.93. The van der Waals surface area contributed by atoms with Gasteiger partial charge in [0.1, 0.15) is 18.1 Å². The van der Waals surface area contributed by atoms with Crippen LogP contribution in [0.1, 0.15) is 53.2 Å². The Balaban J connectivity index is 3.04. The number of carbonyl (C=O) groups excluding carboxylic acids is 3. The van der Waals surface area contributed by atoms with Crippen LogP contribution in [-0.2, 0) is 25.6 Å². The lowest BCUT2D eigenvalue weighted by molar-refractivity contribution is -0.142. The van der Waals surface area contributed by atoms with E-state index < -0.39 is 47.9 Å². The van der Waals surface area contributed by atoms with E-state index in [0.29, 0.717) is 18.5 Å². The molecule has 0 aliphatic heterocycles. The maximum Gasteiger partial charge on any atom is 0.325 e. The Kier molecular flexibility index (Phi) is 10.8. The number of hydrogen-bond acceptors (Lipinski definition) is 6. The smallest absolute Gasteiger partial charge is 0.325 e. The van der Waals surface area contributed by atoms with Gasteiger partial charge in [0.25, 0.3) is 0 Å². The molecule has 32 heavy (non-hydrogen) atoms. The Hall–Kier alpha value is -2.95. The summed E-state index contributed by atoms with van der Waals surface area (Å²) in [6.45, 7) is 8.73. The molecule has 0 bridgehead atoms. The Bertz CT molecular complexity index is 769. The first-order chi connectivity index (χ1) is 15.0. The predicted molar refractivity (Wildman–Crippen MR) is 118 cm³/mol. The minimum atomic E-state index is -1.18. The minimum absolute atomic E-state index is 0.0815. The lowest BCUT2D eigenvalue weighted by Gasteiger charge is -2.28. The quantitative estimate of drug-likeness (QED) is 0.242. The van der Waals surface area contributed by atoms with Crippen molar-refractivity contribution in [2.45, 2.75) is 78.0 Å². The topological polar surface area (TPSA) is 179 Å². The molecule has 0 aromatic carbocycles. The number of carboxylic acids is 1. The zero-order valence-electron chi connectivity index (χ0n) is 19.3. The van der Waals surface area contributed by atoms with E-state index in [-0.39, 0.29) is 18.3 Å². The fourth-order valence-electron chi connectivity index (χ4n) is 2.93. The van der Waals surface area contributed by atoms with Gasteiger partial charge in [-0.25, -0.2) is 4.98 Å². The molecule has 1 aromatic heterocycles. The van der Waals surface area contributed by atoms with Gasteiger partial charge >= 0.3 is 5.97 Å². The van der Waals surface area contributed by atoms with Gasteiger partial charge in [-0.2, -0.15) is 0 Å². The third kappa shape index (κ3) is 7.95. The summed E-state index contributed by atoms with van der Waals surface area (Å²) in [7, 11) is 0. The Labute approximate surface area is 188 Å². The number of aromatic nitrogens is 2. The number of nitrogens with two attached hydrogens (primary N) is 1. The number of imidazole rings is 1. The molecule has 1 heterocycles. The van der Waals surface area contributed by atoms with Crippen molar-refractivity contribution < 1.29 is 24.3 Å². The third-order valence-electron chi connectivity index (χ3n) is 5.69. The summed E-state index contributed by atoms with van der Waals surface area (Å²) in [6.07, 6.45) is 4.37. The number of hydrogen-bond donors (Lipinski definition) is 6. The predicted octanol–water partition coefficient (Wildman–Crippen LogP) is -0.0694. The van der Waals surface area contributed by atoms with Crippen molar-refractivity contribution in [2.24, 2.45) is 17.6 Å². The van der Waals surface area contributed by atoms with Crippen LogP contribution in [0, 0.1) is 11.8 Å². The van der Waals surface area contributed by atoms with E-state index >= 15 is 0 Å². The number of amides is 3. The van der Waals surface area contributed by atoms with E-state index in [1.54, 1.807) is 6.92 Å². The van der Waals surface area contributed by atoms with Crippen molar-refractivity contribution >= 4 is 23.7 Å². The molecule has 11 nitrogen and oxygen atoms in total. The van der Waals surface area contributed by atoms with Gasteiger partial charge < -0.3 is 31.8 Å². The summed E-state index contributed by atoms with van der Waals surface area (Å²) in [6, 6.07) is -3.88. The van der Waals surface area contributed by atoms with Crippen LogP contribution in [0.25, 0.3) is 0 Å². The molecule has 0 radical (unpaired) electrons. The minimum Gasteiger partial charge on any atom is -0.480 e. The third-order valence-corrected chi connectivity index (χ3v) is 5.69. The second-order valence-corrected chi connectivity index (χ2v) is 8.19. The highest BCUT2D eigenvalue weighted by atomic mass is 16.4. The highest BCUT2D eigenvalue weighted by Crippen LogP contribution is 2.11. The average molecular weight is 453 g/mol. The number of carbonyl (C=O) groups is 4. The highest BCUT2D eigenvalue weighted by Gasteiger charge is 2.32. The molecule has 6 unspecified atom stereocenters. The van der Waals surface area contributed by atoms with E-state index in [0.717, 1.165) is 0 Å². The van der Waals surface area contributed by atoms with Crippen molar-refractivity contribution in [3.05, 3.63) is 18.2 Å². The van der Waals surface area contributed by atoms with E-state index in [2.05, 4.69) is 25.9 Å². The molecule has 1 rings (SSSR count). The molecule has 0 saturated heterocycles. The van der Waals surface area contributed by atoms with Crippen LogP contribution in [0.2, 0.25) is 0 Å². The van der Waals surface area contributed by atoms with Gasteiger partial charge in [0.2, 0.25) is 17.7 Å². The summed E-state index contributed by atoms with van der Waals surface area (Å²) in [4.78, 5) is 56.3. The second kappa shape index (κ2) is 12.8. The Morgan fingerprint density at radius 2 is 1.62 bits per heavy atom. The molecule has 11 heteroatoms. The normalized spacial score (nSPS) is 16.7. The molecule has 0 spiro atoms. The number of nitrogens with zero attached hydrogens (tertiary/aromatic N) is 1. The fraction of sp³-hybridized carbons (Fsp3) is 0.667. The first-order valence-electron chi connectivity index (χ1n) is 10.9. The molecule has 3 amide bonds. The molecule has 0 aliphatic rings. The molecule has 7 N–H and O–H groups in total. The summed E-state index contributed by atoms with van der Waals surface area (Å²) in [5.41, 5.74) is 6.63. The molecular formula is C21H36N6O5. The summed E-state index contributed by atoms with van der Waals surface area (Å²) >= 11 is 0. The molecule has 0 fully saturated rings. The van der Waals surface area contributed by atoms with Crippen molar-refractivity contribution in [1.82, 2.24) is 25.9 Å². The van der Waals surface area contributed by atoms with Gasteiger partial charge in [-0.05, 0) is 18.8 Å². The van der Waals surface area contributed by atoms with Crippen molar-refractivity contribution in [3.8, 4) is 0 Å². The van der Waals surface area contributed by atoms with Crippen LogP contribution in [0.3, 0.4) is 0 Å². The van der Waals surface area contributed by atoms with Gasteiger partial charge in [-0.3, -0.25) is 19.2 Å². The van der Waals surface area contributed by atoms with Crippen LogP contribution in [0.4, 0.5) is 0 Å². The van der Waals surface area contributed by atoms with E-state index in [9.17, 15) is 19.2 Å². The highest BCUT2D eigenvalue weighted by molar-refractivity contribution is 5.94. The van der Waals surface area contributed by atoms with E-state index in [1.807, 2.05) is 20.8 Å². The van der Waals surface area contributed by atoms with E-state index in [1.165, 1.54) is 19.4 Å². The van der Waals surface area contributed by atoms with Gasteiger partial charge in [0, 0.05) is 18.3 Å². The summed E-state index contributed by atoms with van der Waals surface area (Å²) < 4.78 is 0. The van der Waals surface area contributed by atoms with Crippen LogP contribution in [0.5, 0.6) is 0 Å². The van der Waals surface area contributed by atoms with Gasteiger partial charge in [-0.15, -0.1) is 0 Å². The number of nitrogens with one attached hydrogen (secondary N) is 4. The number of aromatic amines is 1. The maximum absolute atomic E-state index is 13.1. The van der Waals surface area contributed by atoms with Crippen molar-refractivity contribution in [1.29, 1.82) is 0 Å². The monoisotopic (exact) mass is 452 g/mol. The number of H-pyrrole nitrogens is 1. The Morgan fingerprint density at radius 3 is 2.12 bits per heavy atom. The maximum atomic E-state index is 13.1. The standard InChI is InChI=1S/C21H36N6O5/c1-6-11(3)16(22)19(29)26-15(8-14-9-23-10-24-14)18(28)27-17(12(4)7-2)20(30)25-13(5)21(31)32/h9-13,15-17H,6-8,22H2,1-5H3,(H,23,24)(H,25,30)(H,26,29)(H,27,28)(H,31,32). The molecule has 0 aliphatic carbocycles. The number of aliphatic carboxylic acids is 1. The van der Waals surface area contributed by atoms with Gasteiger partial charge in [0.15, 0.2) is 0 Å². The summed E-state index contributed by atoms with van der Waals surface area (Å²) in [5.74, 6) is -3.19. The van der Waals surface area contributed by atoms with Crippen LogP contribution in [0.15, 0.2) is 12.5 Å².